The molecule has 322 valence electrons. The second kappa shape index (κ2) is 18.7. The van der Waals surface area contributed by atoms with Crippen molar-refractivity contribution in [3.63, 3.8) is 0 Å². The van der Waals surface area contributed by atoms with Gasteiger partial charge in [0.25, 0.3) is 0 Å². The predicted molar refractivity (Wildman–Crippen MR) is 239 cm³/mol. The highest BCUT2D eigenvalue weighted by Crippen LogP contribution is 2.41. The number of carboxylic acid groups (broad SMARTS) is 1. The third kappa shape index (κ3) is 9.98. The number of aromatic nitrogens is 1. The molecule has 6 aromatic rings. The average molecular weight is 888 g/mol. The molecule has 0 fully saturated rings. The summed E-state index contributed by atoms with van der Waals surface area (Å²) in [5.41, 5.74) is 7.19. The van der Waals surface area contributed by atoms with Crippen LogP contribution in [0.2, 0.25) is 10.0 Å². The van der Waals surface area contributed by atoms with Crippen molar-refractivity contribution in [2.45, 2.75) is 65.0 Å². The fourth-order valence-electron chi connectivity index (χ4n) is 7.49. The molecule has 0 aliphatic carbocycles. The highest BCUT2D eigenvalue weighted by atomic mass is 35.5. The van der Waals surface area contributed by atoms with Crippen LogP contribution in [0.5, 0.6) is 28.7 Å². The SMILES string of the molecule is Cc1ccccc1NC(=O)N1Cc2cc3c(cc2C[C@H]1C(=O)NC(Cc1ccc(Oc2ccnc(C)c2C)cc1)C(=O)O)OC[C@H](c1ccc(OCc2ccc(Cl)c(Cl)c2)cc1)O3. The number of ether oxygens (including phenoxy) is 4. The number of fused-ring (bicyclic) bond motifs is 2. The number of para-hydroxylation sites is 1. The van der Waals surface area contributed by atoms with Crippen molar-refractivity contribution in [2.75, 3.05) is 11.9 Å². The molecule has 3 heterocycles. The number of pyridine rings is 1. The molecule has 3 atom stereocenters. The van der Waals surface area contributed by atoms with E-state index >= 15 is 0 Å². The first-order valence-electron chi connectivity index (χ1n) is 20.4. The highest BCUT2D eigenvalue weighted by Gasteiger charge is 2.38. The lowest BCUT2D eigenvalue weighted by molar-refractivity contribution is -0.142. The second-order valence-corrected chi connectivity index (χ2v) is 16.4. The summed E-state index contributed by atoms with van der Waals surface area (Å²) in [7, 11) is 0. The van der Waals surface area contributed by atoms with E-state index in [-0.39, 0.29) is 26.0 Å². The van der Waals surface area contributed by atoms with E-state index in [9.17, 15) is 19.5 Å². The molecule has 0 radical (unpaired) electrons. The number of aliphatic carboxylic acids is 1. The summed E-state index contributed by atoms with van der Waals surface area (Å²) in [6.45, 7) is 6.31. The van der Waals surface area contributed by atoms with Gasteiger partial charge < -0.3 is 39.6 Å². The number of halogens is 2. The van der Waals surface area contributed by atoms with Gasteiger partial charge in [0.2, 0.25) is 5.91 Å². The molecule has 0 bridgehead atoms. The number of hydrogen-bond acceptors (Lipinski definition) is 8. The number of rotatable bonds is 12. The molecule has 8 rings (SSSR count). The zero-order valence-electron chi connectivity index (χ0n) is 34.7. The summed E-state index contributed by atoms with van der Waals surface area (Å²) in [4.78, 5) is 46.6. The second-order valence-electron chi connectivity index (χ2n) is 15.6. The van der Waals surface area contributed by atoms with E-state index in [2.05, 4.69) is 15.6 Å². The number of urea groups is 1. The maximum atomic E-state index is 14.2. The maximum absolute atomic E-state index is 14.2. The van der Waals surface area contributed by atoms with E-state index in [4.69, 9.17) is 42.1 Å². The van der Waals surface area contributed by atoms with Crippen LogP contribution in [0.3, 0.4) is 0 Å². The van der Waals surface area contributed by atoms with E-state index in [1.54, 1.807) is 54.7 Å². The molecule has 63 heavy (non-hydrogen) atoms. The Morgan fingerprint density at radius 1 is 0.857 bits per heavy atom. The summed E-state index contributed by atoms with van der Waals surface area (Å²) in [6.07, 6.45) is 1.37. The first-order valence-corrected chi connectivity index (χ1v) is 21.1. The summed E-state index contributed by atoms with van der Waals surface area (Å²) in [5.74, 6) is 1.11. The van der Waals surface area contributed by atoms with Gasteiger partial charge in [0.15, 0.2) is 17.6 Å². The van der Waals surface area contributed by atoms with Gasteiger partial charge in [-0.15, -0.1) is 0 Å². The van der Waals surface area contributed by atoms with Crippen molar-refractivity contribution in [1.82, 2.24) is 15.2 Å². The van der Waals surface area contributed by atoms with Crippen molar-refractivity contribution >= 4 is 46.8 Å². The molecule has 1 unspecified atom stereocenters. The molecule has 3 N–H and O–H groups in total. The Labute approximate surface area is 374 Å². The van der Waals surface area contributed by atoms with E-state index in [0.29, 0.717) is 56.7 Å². The number of hydrogen-bond donors (Lipinski definition) is 3. The predicted octanol–water partition coefficient (Wildman–Crippen LogP) is 9.97. The quantitative estimate of drug-likeness (QED) is 0.109. The van der Waals surface area contributed by atoms with Crippen LogP contribution in [-0.2, 0) is 35.6 Å². The van der Waals surface area contributed by atoms with Crippen molar-refractivity contribution in [2.24, 2.45) is 0 Å². The first-order chi connectivity index (χ1) is 30.4. The molecule has 1 aromatic heterocycles. The summed E-state index contributed by atoms with van der Waals surface area (Å²) in [5, 5.41) is 16.9. The summed E-state index contributed by atoms with van der Waals surface area (Å²) in [6, 6.07) is 29.9. The van der Waals surface area contributed by atoms with Crippen LogP contribution in [0.15, 0.2) is 115 Å². The first kappa shape index (κ1) is 42.9. The molecule has 12 nitrogen and oxygen atoms in total. The zero-order chi connectivity index (χ0) is 44.2. The largest absolute Gasteiger partial charge is 0.489 e. The lowest BCUT2D eigenvalue weighted by atomic mass is 9.92. The highest BCUT2D eigenvalue weighted by molar-refractivity contribution is 6.42. The Bertz CT molecular complexity index is 2680. The molecule has 5 aromatic carbocycles. The summed E-state index contributed by atoms with van der Waals surface area (Å²) >= 11 is 12.2. The number of carbonyl (C=O) groups excluding carboxylic acids is 2. The Kier molecular flexibility index (Phi) is 12.7. The van der Waals surface area contributed by atoms with Crippen molar-refractivity contribution < 1.29 is 38.4 Å². The van der Waals surface area contributed by atoms with Gasteiger partial charge in [0.05, 0.1) is 10.0 Å². The van der Waals surface area contributed by atoms with Crippen LogP contribution in [0.25, 0.3) is 0 Å². The minimum absolute atomic E-state index is 0.00178. The fourth-order valence-corrected chi connectivity index (χ4v) is 7.81. The molecule has 2 aliphatic heterocycles. The van der Waals surface area contributed by atoms with Crippen LogP contribution in [-0.4, -0.2) is 51.6 Å². The van der Waals surface area contributed by atoms with Gasteiger partial charge in [-0.25, -0.2) is 9.59 Å². The number of aryl methyl sites for hydroxylation is 2. The Hall–Kier alpha value is -6.76. The van der Waals surface area contributed by atoms with E-state index < -0.39 is 36.1 Å². The van der Waals surface area contributed by atoms with Crippen LogP contribution in [0, 0.1) is 20.8 Å². The fraction of sp³-hybridized carbons (Fsp3) is 0.224. The lowest BCUT2D eigenvalue weighted by Crippen LogP contribution is -2.56. The third-order valence-electron chi connectivity index (χ3n) is 11.3. The molecule has 0 spiro atoms. The molecule has 0 saturated heterocycles. The van der Waals surface area contributed by atoms with Gasteiger partial charge in [0.1, 0.15) is 42.5 Å². The topological polar surface area (TPSA) is 149 Å². The van der Waals surface area contributed by atoms with Crippen LogP contribution < -0.4 is 29.6 Å². The Morgan fingerprint density at radius 2 is 1.59 bits per heavy atom. The van der Waals surface area contributed by atoms with Crippen LogP contribution in [0.1, 0.15) is 50.7 Å². The standard InChI is InChI=1S/C49H44Cl2N4O8/c1-28-6-4-5-7-40(28)54-49(59)55-25-35-24-45-44(61-27-46(63-45)33-11-15-36(16-12-33)60-26-32-10-17-38(50)39(51)20-32)23-34(35)22-42(55)47(56)53-41(48(57)58)21-31-8-13-37(14-9-31)62-43-18-19-52-30(3)29(43)2/h4-20,23-24,41-42,46H,21-22,25-27H2,1-3H3,(H,53,56)(H,54,59)(H,57,58)/t41?,42-,46+/m0/s1. The summed E-state index contributed by atoms with van der Waals surface area (Å²) < 4.78 is 24.7. The molecule has 2 aliphatic rings. The Morgan fingerprint density at radius 3 is 2.33 bits per heavy atom. The van der Waals surface area contributed by atoms with Gasteiger partial charge in [-0.2, -0.15) is 0 Å². The van der Waals surface area contributed by atoms with Gasteiger partial charge in [-0.1, -0.05) is 71.7 Å². The normalized spacial score (nSPS) is 15.7. The monoisotopic (exact) mass is 886 g/mol. The third-order valence-corrected chi connectivity index (χ3v) is 12.0. The minimum Gasteiger partial charge on any atom is -0.489 e. The zero-order valence-corrected chi connectivity index (χ0v) is 36.2. The number of carboxylic acids is 1. The number of benzene rings is 5. The van der Waals surface area contributed by atoms with Crippen LogP contribution in [0.4, 0.5) is 10.5 Å². The number of nitrogens with one attached hydrogen (secondary N) is 2. The van der Waals surface area contributed by atoms with E-state index in [1.165, 1.54) is 4.90 Å². The number of nitrogens with zero attached hydrogens (tertiary/aromatic N) is 2. The number of amides is 3. The molecule has 3 amide bonds. The Balaban J connectivity index is 0.974. The van der Waals surface area contributed by atoms with Crippen LogP contribution >= 0.6 is 23.2 Å². The lowest BCUT2D eigenvalue weighted by Gasteiger charge is -2.37. The number of carbonyl (C=O) groups is 3. The van der Waals surface area contributed by atoms with Crippen molar-refractivity contribution in [1.29, 1.82) is 0 Å². The average Bonchev–Trinajstić information content (AvgIpc) is 3.28. The van der Waals surface area contributed by atoms with E-state index in [1.807, 2.05) is 81.4 Å². The smallest absolute Gasteiger partial charge is 0.326 e. The van der Waals surface area contributed by atoms with Gasteiger partial charge in [-0.3, -0.25) is 9.78 Å². The number of anilines is 1. The molecule has 0 saturated carbocycles. The van der Waals surface area contributed by atoms with Gasteiger partial charge in [0, 0.05) is 42.5 Å². The van der Waals surface area contributed by atoms with Gasteiger partial charge >= 0.3 is 12.0 Å². The van der Waals surface area contributed by atoms with E-state index in [0.717, 1.165) is 39.1 Å². The van der Waals surface area contributed by atoms with Crippen molar-refractivity contribution in [3.8, 4) is 28.7 Å². The molecular weight excluding hydrogens is 843 g/mol. The maximum Gasteiger partial charge on any atom is 0.326 e. The molecule has 14 heteroatoms. The molecular formula is C49H44Cl2N4O8. The minimum atomic E-state index is -1.28. The van der Waals surface area contributed by atoms with Gasteiger partial charge in [-0.05, 0) is 115 Å². The van der Waals surface area contributed by atoms with Crippen molar-refractivity contribution in [3.05, 3.63) is 170 Å².